The highest BCUT2D eigenvalue weighted by molar-refractivity contribution is 5.92. The van der Waals surface area contributed by atoms with E-state index in [1.54, 1.807) is 13.0 Å². The fourth-order valence-electron chi connectivity index (χ4n) is 1.51. The van der Waals surface area contributed by atoms with Crippen LogP contribution in [0, 0.1) is 5.92 Å². The zero-order chi connectivity index (χ0) is 12.8. The molecule has 1 heterocycles. The lowest BCUT2D eigenvalue weighted by atomic mass is 10.1. The van der Waals surface area contributed by atoms with Gasteiger partial charge in [0.2, 0.25) is 0 Å². The number of nitrogens with zero attached hydrogens (tertiary/aromatic N) is 1. The first-order valence-corrected chi connectivity index (χ1v) is 5.72. The van der Waals surface area contributed by atoms with Crippen LogP contribution < -0.4 is 5.32 Å². The van der Waals surface area contributed by atoms with Gasteiger partial charge in [0.15, 0.2) is 0 Å². The summed E-state index contributed by atoms with van der Waals surface area (Å²) in [6.07, 6.45) is 2.28. The lowest BCUT2D eigenvalue weighted by molar-refractivity contribution is -0.141. The molecular weight excluding hydrogens is 220 g/mol. The molecule has 17 heavy (non-hydrogen) atoms. The molecular formula is C12H18N2O3. The number of aliphatic carboxylic acids is 1. The monoisotopic (exact) mass is 238 g/mol. The first kappa shape index (κ1) is 13.3. The van der Waals surface area contributed by atoms with Gasteiger partial charge in [-0.2, -0.15) is 0 Å². The first-order valence-electron chi connectivity index (χ1n) is 5.72. The number of carbonyl (C=O) groups excluding carboxylic acids is 1. The van der Waals surface area contributed by atoms with Crippen molar-refractivity contribution in [3.05, 3.63) is 24.0 Å². The Labute approximate surface area is 100 Å². The van der Waals surface area contributed by atoms with Crippen LogP contribution in [0.2, 0.25) is 0 Å². The molecule has 0 spiro atoms. The maximum atomic E-state index is 11.8. The number of carbonyl (C=O) groups is 2. The highest BCUT2D eigenvalue weighted by Crippen LogP contribution is 2.03. The number of aryl methyl sites for hydroxylation is 1. The van der Waals surface area contributed by atoms with Crippen molar-refractivity contribution in [2.45, 2.75) is 26.8 Å². The molecule has 5 heteroatoms. The minimum Gasteiger partial charge on any atom is -0.481 e. The summed E-state index contributed by atoms with van der Waals surface area (Å²) in [5.41, 5.74) is 0.607. The Hall–Kier alpha value is -1.78. The number of carboxylic acids is 1. The molecule has 5 nitrogen and oxygen atoms in total. The van der Waals surface area contributed by atoms with Gasteiger partial charge in [-0.05, 0) is 25.5 Å². The third kappa shape index (κ3) is 3.62. The number of carboxylic acid groups (broad SMARTS) is 1. The molecule has 0 saturated carbocycles. The molecule has 0 aliphatic heterocycles. The number of amides is 1. The van der Waals surface area contributed by atoms with Crippen LogP contribution in [0.5, 0.6) is 0 Å². The molecule has 0 aliphatic rings. The molecule has 0 aliphatic carbocycles. The number of hydrogen-bond acceptors (Lipinski definition) is 2. The van der Waals surface area contributed by atoms with E-state index in [4.69, 9.17) is 5.11 Å². The molecule has 0 saturated heterocycles. The van der Waals surface area contributed by atoms with E-state index in [1.807, 2.05) is 23.8 Å². The van der Waals surface area contributed by atoms with Crippen molar-refractivity contribution in [1.29, 1.82) is 0 Å². The van der Waals surface area contributed by atoms with Gasteiger partial charge in [-0.1, -0.05) is 6.92 Å². The lowest BCUT2D eigenvalue weighted by Gasteiger charge is -2.09. The van der Waals surface area contributed by atoms with Gasteiger partial charge in [0.05, 0.1) is 5.92 Å². The third-order valence-electron chi connectivity index (χ3n) is 2.69. The Bertz CT molecular complexity index is 398. The number of nitrogens with one attached hydrogen (secondary N) is 1. The van der Waals surface area contributed by atoms with Gasteiger partial charge in [0, 0.05) is 19.3 Å². The van der Waals surface area contributed by atoms with Gasteiger partial charge in [0.1, 0.15) is 5.69 Å². The van der Waals surface area contributed by atoms with Crippen molar-refractivity contribution in [1.82, 2.24) is 9.88 Å². The van der Waals surface area contributed by atoms with Crippen molar-refractivity contribution >= 4 is 11.9 Å². The van der Waals surface area contributed by atoms with E-state index >= 15 is 0 Å². The average molecular weight is 238 g/mol. The van der Waals surface area contributed by atoms with E-state index in [2.05, 4.69) is 5.32 Å². The Morgan fingerprint density at radius 2 is 2.24 bits per heavy atom. The van der Waals surface area contributed by atoms with Crippen molar-refractivity contribution in [2.75, 3.05) is 6.54 Å². The largest absolute Gasteiger partial charge is 0.481 e. The van der Waals surface area contributed by atoms with Gasteiger partial charge in [-0.3, -0.25) is 9.59 Å². The highest BCUT2D eigenvalue weighted by Gasteiger charge is 2.12. The first-order chi connectivity index (χ1) is 8.06. The molecule has 0 bridgehead atoms. The quantitative estimate of drug-likeness (QED) is 0.785. The summed E-state index contributed by atoms with van der Waals surface area (Å²) in [6, 6.07) is 3.57. The highest BCUT2D eigenvalue weighted by atomic mass is 16.4. The van der Waals surface area contributed by atoms with Crippen LogP contribution in [0.25, 0.3) is 0 Å². The van der Waals surface area contributed by atoms with Crippen molar-refractivity contribution in [3.8, 4) is 0 Å². The molecule has 1 atom stereocenters. The summed E-state index contributed by atoms with van der Waals surface area (Å²) in [5.74, 6) is -1.43. The topological polar surface area (TPSA) is 71.3 Å². The fraction of sp³-hybridized carbons (Fsp3) is 0.500. The maximum absolute atomic E-state index is 11.8. The lowest BCUT2D eigenvalue weighted by Crippen LogP contribution is -2.28. The van der Waals surface area contributed by atoms with Gasteiger partial charge >= 0.3 is 5.97 Å². The predicted molar refractivity (Wildman–Crippen MR) is 63.9 cm³/mol. The second kappa shape index (κ2) is 6.08. The molecule has 1 amide bonds. The zero-order valence-corrected chi connectivity index (χ0v) is 10.1. The van der Waals surface area contributed by atoms with Crippen LogP contribution >= 0.6 is 0 Å². The van der Waals surface area contributed by atoms with Gasteiger partial charge in [0.25, 0.3) is 5.91 Å². The Morgan fingerprint density at radius 3 is 2.82 bits per heavy atom. The molecule has 1 rings (SSSR count). The molecule has 1 unspecified atom stereocenters. The maximum Gasteiger partial charge on any atom is 0.306 e. The molecule has 0 fully saturated rings. The summed E-state index contributed by atoms with van der Waals surface area (Å²) >= 11 is 0. The average Bonchev–Trinajstić information content (AvgIpc) is 2.76. The van der Waals surface area contributed by atoms with Gasteiger partial charge in [-0.15, -0.1) is 0 Å². The smallest absolute Gasteiger partial charge is 0.306 e. The standard InChI is InChI=1S/C12H18N2O3/c1-3-14-8-4-5-10(14)11(15)13-7-6-9(2)12(16)17/h4-5,8-9H,3,6-7H2,1-2H3,(H,13,15)(H,16,17). The Morgan fingerprint density at radius 1 is 1.53 bits per heavy atom. The van der Waals surface area contributed by atoms with E-state index in [0.29, 0.717) is 18.7 Å². The number of aromatic nitrogens is 1. The zero-order valence-electron chi connectivity index (χ0n) is 10.1. The molecule has 94 valence electrons. The van der Waals surface area contributed by atoms with Crippen LogP contribution in [0.4, 0.5) is 0 Å². The second-order valence-corrected chi connectivity index (χ2v) is 3.96. The minimum atomic E-state index is -0.837. The van der Waals surface area contributed by atoms with E-state index in [1.165, 1.54) is 0 Å². The summed E-state index contributed by atoms with van der Waals surface area (Å²) < 4.78 is 1.84. The Kier molecular flexibility index (Phi) is 4.75. The van der Waals surface area contributed by atoms with E-state index in [-0.39, 0.29) is 5.91 Å². The summed E-state index contributed by atoms with van der Waals surface area (Å²) in [6.45, 7) is 4.70. The van der Waals surface area contributed by atoms with Crippen molar-refractivity contribution < 1.29 is 14.7 Å². The fourth-order valence-corrected chi connectivity index (χ4v) is 1.51. The molecule has 1 aromatic heterocycles. The molecule has 0 aromatic carbocycles. The van der Waals surface area contributed by atoms with Crippen LogP contribution in [-0.4, -0.2) is 28.1 Å². The van der Waals surface area contributed by atoms with E-state index in [9.17, 15) is 9.59 Å². The number of rotatable bonds is 6. The SMILES string of the molecule is CCn1cccc1C(=O)NCCC(C)C(=O)O. The number of hydrogen-bond donors (Lipinski definition) is 2. The van der Waals surface area contributed by atoms with Crippen molar-refractivity contribution in [2.24, 2.45) is 5.92 Å². The predicted octanol–water partition coefficient (Wildman–Crippen LogP) is 1.35. The van der Waals surface area contributed by atoms with Crippen LogP contribution in [0.3, 0.4) is 0 Å². The van der Waals surface area contributed by atoms with Crippen LogP contribution in [0.15, 0.2) is 18.3 Å². The third-order valence-corrected chi connectivity index (χ3v) is 2.69. The molecule has 1 aromatic rings. The van der Waals surface area contributed by atoms with Crippen molar-refractivity contribution in [3.63, 3.8) is 0 Å². The minimum absolute atomic E-state index is 0.158. The van der Waals surface area contributed by atoms with Gasteiger partial charge in [-0.25, -0.2) is 0 Å². The van der Waals surface area contributed by atoms with Crippen LogP contribution in [-0.2, 0) is 11.3 Å². The summed E-state index contributed by atoms with van der Waals surface area (Å²) in [4.78, 5) is 22.3. The Balaban J connectivity index is 2.43. The summed E-state index contributed by atoms with van der Waals surface area (Å²) in [7, 11) is 0. The summed E-state index contributed by atoms with van der Waals surface area (Å²) in [5, 5.41) is 11.4. The normalized spacial score (nSPS) is 12.1. The van der Waals surface area contributed by atoms with E-state index < -0.39 is 11.9 Å². The second-order valence-electron chi connectivity index (χ2n) is 3.96. The molecule has 2 N–H and O–H groups in total. The van der Waals surface area contributed by atoms with Crippen LogP contribution in [0.1, 0.15) is 30.8 Å². The van der Waals surface area contributed by atoms with E-state index in [0.717, 1.165) is 6.54 Å². The van der Waals surface area contributed by atoms with Gasteiger partial charge < -0.3 is 15.0 Å². The molecule has 0 radical (unpaired) electrons.